The number of hydrogen-bond donors (Lipinski definition) is 1. The average Bonchev–Trinajstić information content (AvgIpc) is 2.72. The highest BCUT2D eigenvalue weighted by atomic mass is 16.5. The van der Waals surface area contributed by atoms with Crippen molar-refractivity contribution >= 4 is 5.97 Å². The zero-order valence-corrected chi connectivity index (χ0v) is 17.9. The minimum Gasteiger partial charge on any atom is -0.461 e. The van der Waals surface area contributed by atoms with Crippen molar-refractivity contribution in [3.63, 3.8) is 0 Å². The van der Waals surface area contributed by atoms with Gasteiger partial charge in [-0.3, -0.25) is 4.79 Å². The van der Waals surface area contributed by atoms with Crippen molar-refractivity contribution in [3.05, 3.63) is 35.9 Å². The lowest BCUT2D eigenvalue weighted by molar-refractivity contribution is -0.145. The van der Waals surface area contributed by atoms with Gasteiger partial charge in [0.05, 0.1) is 0 Å². The minimum absolute atomic E-state index is 0.0720. The lowest BCUT2D eigenvalue weighted by Crippen LogP contribution is -2.04. The maximum atomic E-state index is 11.7. The fraction of sp³-hybridized carbons (Fsp3) is 0.720. The van der Waals surface area contributed by atoms with Crippen LogP contribution in [0.15, 0.2) is 30.3 Å². The second-order valence-electron chi connectivity index (χ2n) is 7.92. The molecule has 3 heteroatoms. The van der Waals surface area contributed by atoms with Gasteiger partial charge in [0.2, 0.25) is 0 Å². The number of rotatable bonds is 19. The van der Waals surface area contributed by atoms with Crippen LogP contribution in [0.1, 0.15) is 108 Å². The molecule has 0 heterocycles. The smallest absolute Gasteiger partial charge is 0.306 e. The Labute approximate surface area is 172 Å². The Kier molecular flexibility index (Phi) is 16.7. The van der Waals surface area contributed by atoms with Gasteiger partial charge in [-0.15, -0.1) is 0 Å². The summed E-state index contributed by atoms with van der Waals surface area (Å²) in [7, 11) is 0. The molecular formula is C25H42O3. The molecule has 0 aliphatic rings. The Morgan fingerprint density at radius 2 is 1.07 bits per heavy atom. The number of aliphatic hydroxyl groups is 1. The number of esters is 1. The molecule has 1 aromatic rings. The van der Waals surface area contributed by atoms with Crippen molar-refractivity contribution in [2.45, 2.75) is 109 Å². The Balaban J connectivity index is 1.75. The van der Waals surface area contributed by atoms with Gasteiger partial charge in [0.15, 0.2) is 0 Å². The van der Waals surface area contributed by atoms with E-state index in [0.29, 0.717) is 19.6 Å². The lowest BCUT2D eigenvalue weighted by atomic mass is 10.0. The molecule has 0 aromatic heterocycles. The van der Waals surface area contributed by atoms with Crippen LogP contribution in [0.3, 0.4) is 0 Å². The van der Waals surface area contributed by atoms with E-state index < -0.39 is 0 Å². The van der Waals surface area contributed by atoms with Gasteiger partial charge in [0.1, 0.15) is 6.61 Å². The highest BCUT2D eigenvalue weighted by Gasteiger charge is 2.03. The van der Waals surface area contributed by atoms with Gasteiger partial charge >= 0.3 is 5.97 Å². The third-order valence-corrected chi connectivity index (χ3v) is 5.28. The first-order chi connectivity index (χ1) is 13.8. The summed E-state index contributed by atoms with van der Waals surface area (Å²) in [4.78, 5) is 11.7. The maximum Gasteiger partial charge on any atom is 0.306 e. The third kappa shape index (κ3) is 15.7. The van der Waals surface area contributed by atoms with Crippen LogP contribution in [0.25, 0.3) is 0 Å². The predicted molar refractivity (Wildman–Crippen MR) is 117 cm³/mol. The molecule has 160 valence electrons. The SMILES string of the molecule is O=C(CCCCCCCCCCCCCCCCCO)OCc1ccccc1. The summed E-state index contributed by atoms with van der Waals surface area (Å²) in [6.45, 7) is 0.741. The van der Waals surface area contributed by atoms with Crippen LogP contribution in [-0.2, 0) is 16.1 Å². The summed E-state index contributed by atoms with van der Waals surface area (Å²) in [5.74, 6) is -0.0720. The first-order valence-corrected chi connectivity index (χ1v) is 11.6. The number of benzene rings is 1. The van der Waals surface area contributed by atoms with Crippen molar-refractivity contribution in [2.24, 2.45) is 0 Å². The van der Waals surface area contributed by atoms with Gasteiger partial charge in [-0.05, 0) is 18.4 Å². The van der Waals surface area contributed by atoms with Crippen LogP contribution < -0.4 is 0 Å². The quantitative estimate of drug-likeness (QED) is 0.205. The second-order valence-corrected chi connectivity index (χ2v) is 7.92. The molecule has 0 saturated carbocycles. The molecule has 1 rings (SSSR count). The summed E-state index contributed by atoms with van der Waals surface area (Å²) in [6, 6.07) is 9.86. The van der Waals surface area contributed by atoms with E-state index in [9.17, 15) is 4.79 Å². The molecule has 1 N–H and O–H groups in total. The van der Waals surface area contributed by atoms with Crippen LogP contribution in [-0.4, -0.2) is 17.7 Å². The normalized spacial score (nSPS) is 10.9. The van der Waals surface area contributed by atoms with Gasteiger partial charge in [-0.2, -0.15) is 0 Å². The predicted octanol–water partition coefficient (Wildman–Crippen LogP) is 6.96. The Hall–Kier alpha value is -1.35. The minimum atomic E-state index is -0.0720. The number of aliphatic hydroxyl groups excluding tert-OH is 1. The van der Waals surface area contributed by atoms with Crippen molar-refractivity contribution in [1.29, 1.82) is 0 Å². The molecule has 0 aliphatic carbocycles. The van der Waals surface area contributed by atoms with E-state index in [1.54, 1.807) is 0 Å². The van der Waals surface area contributed by atoms with E-state index >= 15 is 0 Å². The van der Waals surface area contributed by atoms with Crippen LogP contribution in [0.2, 0.25) is 0 Å². The first-order valence-electron chi connectivity index (χ1n) is 11.6. The molecule has 1 aromatic carbocycles. The van der Waals surface area contributed by atoms with Crippen molar-refractivity contribution < 1.29 is 14.6 Å². The molecule has 0 radical (unpaired) electrons. The molecule has 0 spiro atoms. The van der Waals surface area contributed by atoms with Gasteiger partial charge in [0, 0.05) is 13.0 Å². The fourth-order valence-electron chi connectivity index (χ4n) is 3.49. The largest absolute Gasteiger partial charge is 0.461 e. The van der Waals surface area contributed by atoms with E-state index in [0.717, 1.165) is 24.8 Å². The highest BCUT2D eigenvalue weighted by molar-refractivity contribution is 5.69. The Morgan fingerprint density at radius 1 is 0.643 bits per heavy atom. The molecule has 0 fully saturated rings. The van der Waals surface area contributed by atoms with E-state index in [4.69, 9.17) is 9.84 Å². The molecule has 0 atom stereocenters. The van der Waals surface area contributed by atoms with Crippen LogP contribution in [0.5, 0.6) is 0 Å². The molecule has 28 heavy (non-hydrogen) atoms. The summed E-state index contributed by atoms with van der Waals surface area (Å²) in [5.41, 5.74) is 1.05. The zero-order chi connectivity index (χ0) is 20.1. The summed E-state index contributed by atoms with van der Waals surface area (Å²) < 4.78 is 5.30. The molecule has 3 nitrogen and oxygen atoms in total. The Morgan fingerprint density at radius 3 is 1.54 bits per heavy atom. The van der Waals surface area contributed by atoms with Crippen LogP contribution in [0.4, 0.5) is 0 Å². The summed E-state index contributed by atoms with van der Waals surface area (Å²) in [5, 5.41) is 8.73. The summed E-state index contributed by atoms with van der Waals surface area (Å²) in [6.07, 6.45) is 19.5. The average molecular weight is 391 g/mol. The summed E-state index contributed by atoms with van der Waals surface area (Å²) >= 11 is 0. The monoisotopic (exact) mass is 390 g/mol. The highest BCUT2D eigenvalue weighted by Crippen LogP contribution is 2.14. The second kappa shape index (κ2) is 19.0. The maximum absolute atomic E-state index is 11.7. The number of ether oxygens (including phenoxy) is 1. The number of unbranched alkanes of at least 4 members (excludes halogenated alkanes) is 14. The standard InChI is InChI=1S/C25H42O3/c26-22-18-13-11-9-7-5-3-1-2-4-6-8-10-12-17-21-25(27)28-23-24-19-15-14-16-20-24/h14-16,19-20,26H,1-13,17-18,21-23H2. The van der Waals surface area contributed by atoms with Gasteiger partial charge in [-0.1, -0.05) is 114 Å². The van der Waals surface area contributed by atoms with Crippen molar-refractivity contribution in [3.8, 4) is 0 Å². The molecule has 0 amide bonds. The van der Waals surface area contributed by atoms with Gasteiger partial charge in [-0.25, -0.2) is 0 Å². The molecule has 0 saturated heterocycles. The van der Waals surface area contributed by atoms with Crippen molar-refractivity contribution in [1.82, 2.24) is 0 Å². The molecule has 0 bridgehead atoms. The fourth-order valence-corrected chi connectivity index (χ4v) is 3.49. The van der Waals surface area contributed by atoms with Gasteiger partial charge in [0.25, 0.3) is 0 Å². The van der Waals surface area contributed by atoms with Crippen LogP contribution >= 0.6 is 0 Å². The molecule has 0 unspecified atom stereocenters. The lowest BCUT2D eigenvalue weighted by Gasteiger charge is -2.05. The van der Waals surface area contributed by atoms with E-state index in [2.05, 4.69) is 0 Å². The van der Waals surface area contributed by atoms with E-state index in [1.165, 1.54) is 77.0 Å². The number of carbonyl (C=O) groups is 1. The number of hydrogen-bond acceptors (Lipinski definition) is 3. The topological polar surface area (TPSA) is 46.5 Å². The van der Waals surface area contributed by atoms with Crippen LogP contribution in [0, 0.1) is 0 Å². The van der Waals surface area contributed by atoms with Crippen molar-refractivity contribution in [2.75, 3.05) is 6.61 Å². The zero-order valence-electron chi connectivity index (χ0n) is 17.9. The molecule has 0 aliphatic heterocycles. The number of carbonyl (C=O) groups excluding carboxylic acids is 1. The Bertz CT molecular complexity index is 458. The first kappa shape index (κ1) is 24.7. The van der Waals surface area contributed by atoms with Gasteiger partial charge < -0.3 is 9.84 Å². The van der Waals surface area contributed by atoms with E-state index in [-0.39, 0.29) is 5.97 Å². The molecular weight excluding hydrogens is 348 g/mol. The third-order valence-electron chi connectivity index (χ3n) is 5.28. The van der Waals surface area contributed by atoms with E-state index in [1.807, 2.05) is 30.3 Å².